The minimum Gasteiger partial charge on any atom is -0.492 e. The molecule has 0 radical (unpaired) electrons. The molecule has 1 aliphatic carbocycles. The van der Waals surface area contributed by atoms with E-state index in [2.05, 4.69) is 10.6 Å². The lowest BCUT2D eigenvalue weighted by Crippen LogP contribution is -2.32. The van der Waals surface area contributed by atoms with Gasteiger partial charge in [-0.15, -0.1) is 0 Å². The minimum absolute atomic E-state index is 0.117. The number of carbonyl (C=O) groups excluding carboxylic acids is 1. The van der Waals surface area contributed by atoms with Gasteiger partial charge in [-0.05, 0) is 75.9 Å². The molecule has 1 saturated carbocycles. The van der Waals surface area contributed by atoms with Gasteiger partial charge >= 0.3 is 0 Å². The zero-order chi connectivity index (χ0) is 19.1. The first-order valence-electron chi connectivity index (χ1n) is 9.71. The van der Waals surface area contributed by atoms with Crippen LogP contribution in [0.3, 0.4) is 0 Å². The van der Waals surface area contributed by atoms with Crippen LogP contribution in [0.5, 0.6) is 11.5 Å². The monoisotopic (exact) mass is 368 g/mol. The molecule has 0 saturated heterocycles. The van der Waals surface area contributed by atoms with Crippen molar-refractivity contribution < 1.29 is 14.3 Å². The lowest BCUT2D eigenvalue weighted by atomic mass is 10.2. The molecule has 1 atom stereocenters. The van der Waals surface area contributed by atoms with Crippen LogP contribution in [0, 0.1) is 0 Å². The van der Waals surface area contributed by atoms with E-state index in [-0.39, 0.29) is 11.9 Å². The predicted octanol–water partition coefficient (Wildman–Crippen LogP) is 4.85. The highest BCUT2D eigenvalue weighted by Gasteiger charge is 2.17. The SMILES string of the molecule is CCOc1ccccc1NC(=O)C(C)Nc1ccc(OC2CCCC2)cc1. The normalized spacial score (nSPS) is 15.2. The quantitative estimate of drug-likeness (QED) is 0.699. The summed E-state index contributed by atoms with van der Waals surface area (Å²) < 4.78 is 11.5. The summed E-state index contributed by atoms with van der Waals surface area (Å²) in [7, 11) is 0. The molecule has 2 N–H and O–H groups in total. The van der Waals surface area contributed by atoms with Crippen LogP contribution < -0.4 is 20.1 Å². The van der Waals surface area contributed by atoms with E-state index >= 15 is 0 Å². The molecule has 1 unspecified atom stereocenters. The Balaban J connectivity index is 1.54. The first-order valence-corrected chi connectivity index (χ1v) is 9.71. The average Bonchev–Trinajstić information content (AvgIpc) is 3.18. The van der Waals surface area contributed by atoms with Gasteiger partial charge in [0.2, 0.25) is 5.91 Å². The molecular weight excluding hydrogens is 340 g/mol. The molecule has 144 valence electrons. The van der Waals surface area contributed by atoms with Gasteiger partial charge in [0.25, 0.3) is 0 Å². The fourth-order valence-corrected chi connectivity index (χ4v) is 3.24. The number of rotatable bonds is 8. The van der Waals surface area contributed by atoms with Crippen molar-refractivity contribution in [2.45, 2.75) is 51.7 Å². The van der Waals surface area contributed by atoms with Gasteiger partial charge in [0.15, 0.2) is 0 Å². The van der Waals surface area contributed by atoms with Crippen LogP contribution in [0.25, 0.3) is 0 Å². The Hall–Kier alpha value is -2.69. The van der Waals surface area contributed by atoms with Crippen molar-refractivity contribution in [1.29, 1.82) is 0 Å². The molecule has 1 fully saturated rings. The van der Waals surface area contributed by atoms with Crippen molar-refractivity contribution in [1.82, 2.24) is 0 Å². The topological polar surface area (TPSA) is 59.6 Å². The van der Waals surface area contributed by atoms with E-state index in [1.54, 1.807) is 0 Å². The Morgan fingerprint density at radius 3 is 2.52 bits per heavy atom. The molecule has 5 nitrogen and oxygen atoms in total. The number of ether oxygens (including phenoxy) is 2. The minimum atomic E-state index is -0.388. The van der Waals surface area contributed by atoms with Gasteiger partial charge < -0.3 is 20.1 Å². The maximum atomic E-state index is 12.5. The molecule has 5 heteroatoms. The predicted molar refractivity (Wildman–Crippen MR) is 109 cm³/mol. The first kappa shape index (κ1) is 19.1. The fraction of sp³-hybridized carbons (Fsp3) is 0.409. The smallest absolute Gasteiger partial charge is 0.246 e. The van der Waals surface area contributed by atoms with E-state index in [1.165, 1.54) is 12.8 Å². The highest BCUT2D eigenvalue weighted by Crippen LogP contribution is 2.26. The maximum absolute atomic E-state index is 12.5. The summed E-state index contributed by atoms with van der Waals surface area (Å²) in [5, 5.41) is 6.15. The molecule has 1 aliphatic rings. The maximum Gasteiger partial charge on any atom is 0.246 e. The molecule has 2 aromatic carbocycles. The number of amides is 1. The summed E-state index contributed by atoms with van der Waals surface area (Å²) >= 11 is 0. The van der Waals surface area contributed by atoms with E-state index < -0.39 is 0 Å². The third-order valence-corrected chi connectivity index (χ3v) is 4.68. The second kappa shape index (κ2) is 9.31. The van der Waals surface area contributed by atoms with Gasteiger partial charge in [-0.2, -0.15) is 0 Å². The molecule has 0 bridgehead atoms. The highest BCUT2D eigenvalue weighted by atomic mass is 16.5. The lowest BCUT2D eigenvalue weighted by molar-refractivity contribution is -0.116. The van der Waals surface area contributed by atoms with Gasteiger partial charge in [0.05, 0.1) is 18.4 Å². The molecular formula is C22H28N2O3. The van der Waals surface area contributed by atoms with Gasteiger partial charge in [-0.1, -0.05) is 12.1 Å². The number of anilines is 2. The zero-order valence-corrected chi connectivity index (χ0v) is 16.0. The number of hydrogen-bond acceptors (Lipinski definition) is 4. The third kappa shape index (κ3) is 5.39. The number of para-hydroxylation sites is 2. The Morgan fingerprint density at radius 1 is 1.11 bits per heavy atom. The number of nitrogens with one attached hydrogen (secondary N) is 2. The zero-order valence-electron chi connectivity index (χ0n) is 16.0. The average molecular weight is 368 g/mol. The van der Waals surface area contributed by atoms with Crippen molar-refractivity contribution in [2.75, 3.05) is 17.2 Å². The molecule has 0 heterocycles. The summed E-state index contributed by atoms with van der Waals surface area (Å²) in [5.74, 6) is 1.44. The molecule has 2 aromatic rings. The second-order valence-corrected chi connectivity index (χ2v) is 6.83. The molecule has 0 spiro atoms. The van der Waals surface area contributed by atoms with Crippen LogP contribution in [-0.4, -0.2) is 24.7 Å². The van der Waals surface area contributed by atoms with Gasteiger partial charge in [0.1, 0.15) is 17.5 Å². The summed E-state index contributed by atoms with van der Waals surface area (Å²) in [6.45, 7) is 4.31. The van der Waals surface area contributed by atoms with Gasteiger partial charge in [-0.3, -0.25) is 4.79 Å². The largest absolute Gasteiger partial charge is 0.492 e. The summed E-state index contributed by atoms with van der Waals surface area (Å²) in [6.07, 6.45) is 5.13. The molecule has 0 aliphatic heterocycles. The van der Waals surface area contributed by atoms with E-state index in [9.17, 15) is 4.79 Å². The molecule has 27 heavy (non-hydrogen) atoms. The summed E-state index contributed by atoms with van der Waals surface area (Å²) in [6, 6.07) is 14.9. The van der Waals surface area contributed by atoms with Crippen LogP contribution in [0.4, 0.5) is 11.4 Å². The summed E-state index contributed by atoms with van der Waals surface area (Å²) in [4.78, 5) is 12.5. The molecule has 0 aromatic heterocycles. The Kier molecular flexibility index (Phi) is 6.58. The van der Waals surface area contributed by atoms with E-state index in [0.717, 1.165) is 24.3 Å². The van der Waals surface area contributed by atoms with Crippen LogP contribution in [0.1, 0.15) is 39.5 Å². The van der Waals surface area contributed by atoms with Crippen molar-refractivity contribution in [2.24, 2.45) is 0 Å². The van der Waals surface area contributed by atoms with E-state index in [4.69, 9.17) is 9.47 Å². The molecule has 3 rings (SSSR count). The van der Waals surface area contributed by atoms with Crippen LogP contribution in [0.15, 0.2) is 48.5 Å². The highest BCUT2D eigenvalue weighted by molar-refractivity contribution is 5.97. The Morgan fingerprint density at radius 2 is 1.81 bits per heavy atom. The fourth-order valence-electron chi connectivity index (χ4n) is 3.24. The Labute approximate surface area is 161 Å². The van der Waals surface area contributed by atoms with Crippen LogP contribution in [-0.2, 0) is 4.79 Å². The molecule has 1 amide bonds. The van der Waals surface area contributed by atoms with Gasteiger partial charge in [0, 0.05) is 5.69 Å². The van der Waals surface area contributed by atoms with E-state index in [0.29, 0.717) is 24.1 Å². The lowest BCUT2D eigenvalue weighted by Gasteiger charge is -2.18. The standard InChI is InChI=1S/C22H28N2O3/c1-3-26-21-11-7-6-10-20(21)24-22(25)16(2)23-17-12-14-19(15-13-17)27-18-8-4-5-9-18/h6-7,10-16,18,23H,3-5,8-9H2,1-2H3,(H,24,25). The number of carbonyl (C=O) groups is 1. The first-order chi connectivity index (χ1) is 13.2. The van der Waals surface area contributed by atoms with Crippen molar-refractivity contribution in [3.63, 3.8) is 0 Å². The summed E-state index contributed by atoms with van der Waals surface area (Å²) in [5.41, 5.74) is 1.56. The van der Waals surface area contributed by atoms with Gasteiger partial charge in [-0.25, -0.2) is 0 Å². The van der Waals surface area contributed by atoms with Crippen LogP contribution >= 0.6 is 0 Å². The van der Waals surface area contributed by atoms with Crippen LogP contribution in [0.2, 0.25) is 0 Å². The second-order valence-electron chi connectivity index (χ2n) is 6.83. The Bertz CT molecular complexity index is 739. The van der Waals surface area contributed by atoms with Crippen molar-refractivity contribution >= 4 is 17.3 Å². The third-order valence-electron chi connectivity index (χ3n) is 4.68. The van der Waals surface area contributed by atoms with Crippen molar-refractivity contribution in [3.8, 4) is 11.5 Å². The number of hydrogen-bond donors (Lipinski definition) is 2. The number of benzene rings is 2. The van der Waals surface area contributed by atoms with E-state index in [1.807, 2.05) is 62.4 Å². The van der Waals surface area contributed by atoms with Crippen molar-refractivity contribution in [3.05, 3.63) is 48.5 Å².